The van der Waals surface area contributed by atoms with Crippen molar-refractivity contribution >= 4 is 0 Å². The summed E-state index contributed by atoms with van der Waals surface area (Å²) >= 11 is 0. The normalized spacial score (nSPS) is 8.75. The van der Waals surface area contributed by atoms with E-state index in [0.717, 1.165) is 5.69 Å². The average molecular weight is 253 g/mol. The molecule has 0 aliphatic heterocycles. The van der Waals surface area contributed by atoms with E-state index in [-0.39, 0.29) is 17.1 Å². The van der Waals surface area contributed by atoms with Crippen molar-refractivity contribution in [2.75, 3.05) is 0 Å². The molecule has 16 heavy (non-hydrogen) atoms. The summed E-state index contributed by atoms with van der Waals surface area (Å²) in [5.41, 5.74) is 1.10. The zero-order chi connectivity index (χ0) is 10.3. The largest absolute Gasteiger partial charge is 2.00 e. The molecule has 0 spiro atoms. The molecular formula is C12H11FeN3. The van der Waals surface area contributed by atoms with Crippen LogP contribution in [0, 0.1) is 0 Å². The Labute approximate surface area is 105 Å². The Bertz CT molecular complexity index is 391. The second kappa shape index (κ2) is 6.77. The van der Waals surface area contributed by atoms with E-state index in [1.807, 2.05) is 59.2 Å². The summed E-state index contributed by atoms with van der Waals surface area (Å²) in [7, 11) is 0. The molecule has 82 valence electrons. The summed E-state index contributed by atoms with van der Waals surface area (Å²) < 4.78 is 1.86. The van der Waals surface area contributed by atoms with Gasteiger partial charge in [0, 0.05) is 0 Å². The van der Waals surface area contributed by atoms with Crippen LogP contribution in [0.15, 0.2) is 67.3 Å². The van der Waals surface area contributed by atoms with E-state index in [0.29, 0.717) is 0 Å². The molecule has 4 heteroatoms. The van der Waals surface area contributed by atoms with Gasteiger partial charge in [-0.3, -0.25) is 0 Å². The molecule has 0 aliphatic rings. The zero-order valence-corrected chi connectivity index (χ0v) is 9.65. The van der Waals surface area contributed by atoms with Gasteiger partial charge in [0.25, 0.3) is 0 Å². The van der Waals surface area contributed by atoms with Crippen molar-refractivity contribution in [1.82, 2.24) is 14.8 Å². The molecule has 0 saturated heterocycles. The van der Waals surface area contributed by atoms with Crippen LogP contribution in [0.5, 0.6) is 0 Å². The van der Waals surface area contributed by atoms with E-state index in [1.165, 1.54) is 0 Å². The number of hydrogen-bond acceptors (Lipinski definition) is 2. The fourth-order valence-electron chi connectivity index (χ4n) is 1.19. The molecule has 0 bridgehead atoms. The van der Waals surface area contributed by atoms with Crippen molar-refractivity contribution in [1.29, 1.82) is 0 Å². The second-order valence-electron chi connectivity index (χ2n) is 2.97. The van der Waals surface area contributed by atoms with E-state index in [9.17, 15) is 0 Å². The van der Waals surface area contributed by atoms with Crippen LogP contribution in [-0.2, 0) is 17.1 Å². The van der Waals surface area contributed by atoms with Crippen molar-refractivity contribution in [2.24, 2.45) is 0 Å². The van der Waals surface area contributed by atoms with Crippen LogP contribution in [0.2, 0.25) is 0 Å². The van der Waals surface area contributed by atoms with Gasteiger partial charge < -0.3 is 4.57 Å². The van der Waals surface area contributed by atoms with Crippen LogP contribution < -0.4 is 0 Å². The standard InChI is InChI=1S/C7H6N3.C5H5.Fe/c1-2-4-7(3-1)10-5-8-9-6-10;1-2-4-5-3-1;/h1-6H;1-5H;/q2*-1;+2. The summed E-state index contributed by atoms with van der Waals surface area (Å²) in [6, 6.07) is 18.0. The van der Waals surface area contributed by atoms with Gasteiger partial charge in [0.1, 0.15) is 0 Å². The molecule has 2 aromatic carbocycles. The third-order valence-corrected chi connectivity index (χ3v) is 1.92. The molecule has 3 aromatic rings. The molecule has 1 heterocycles. The molecule has 3 rings (SSSR count). The maximum Gasteiger partial charge on any atom is 2.00 e. The van der Waals surface area contributed by atoms with Gasteiger partial charge in [-0.25, -0.2) is 12.1 Å². The predicted molar refractivity (Wildman–Crippen MR) is 59.0 cm³/mol. The average Bonchev–Trinajstić information content (AvgIpc) is 3.06. The van der Waals surface area contributed by atoms with Gasteiger partial charge in [-0.05, 0) is 5.69 Å². The van der Waals surface area contributed by atoms with Crippen LogP contribution in [-0.4, -0.2) is 14.8 Å². The molecule has 3 nitrogen and oxygen atoms in total. The molecule has 1 aromatic heterocycles. The van der Waals surface area contributed by atoms with E-state index in [1.54, 1.807) is 12.7 Å². The summed E-state index contributed by atoms with van der Waals surface area (Å²) in [6.45, 7) is 0. The Hall–Kier alpha value is -1.64. The summed E-state index contributed by atoms with van der Waals surface area (Å²) in [4.78, 5) is 0. The Morgan fingerprint density at radius 2 is 1.44 bits per heavy atom. The number of hydrogen-bond donors (Lipinski definition) is 0. The van der Waals surface area contributed by atoms with Crippen LogP contribution in [0.1, 0.15) is 0 Å². The van der Waals surface area contributed by atoms with Crippen LogP contribution >= 0.6 is 0 Å². The van der Waals surface area contributed by atoms with E-state index >= 15 is 0 Å². The molecule has 0 aliphatic carbocycles. The first kappa shape index (κ1) is 12.4. The Balaban J connectivity index is 0.000000183. The monoisotopic (exact) mass is 253 g/mol. The number of aromatic nitrogens is 3. The van der Waals surface area contributed by atoms with Crippen LogP contribution in [0.25, 0.3) is 5.69 Å². The van der Waals surface area contributed by atoms with Gasteiger partial charge in [-0.2, -0.15) is 40.5 Å². The molecular weight excluding hydrogens is 242 g/mol. The maximum atomic E-state index is 3.69. The third kappa shape index (κ3) is 3.50. The van der Waals surface area contributed by atoms with Gasteiger partial charge in [-0.1, -0.05) is 0 Å². The maximum absolute atomic E-state index is 3.69. The smallest absolute Gasteiger partial charge is 0.386 e. The molecule has 0 saturated carbocycles. The van der Waals surface area contributed by atoms with Crippen molar-refractivity contribution in [3.05, 3.63) is 67.3 Å². The quantitative estimate of drug-likeness (QED) is 0.492. The van der Waals surface area contributed by atoms with E-state index < -0.39 is 0 Å². The third-order valence-electron chi connectivity index (χ3n) is 1.92. The van der Waals surface area contributed by atoms with Crippen LogP contribution in [0.4, 0.5) is 0 Å². The fourth-order valence-corrected chi connectivity index (χ4v) is 1.19. The number of nitrogens with zero attached hydrogens (tertiary/aromatic N) is 3. The topological polar surface area (TPSA) is 30.7 Å². The summed E-state index contributed by atoms with van der Waals surface area (Å²) in [6.07, 6.45) is 3.35. The predicted octanol–water partition coefficient (Wildman–Crippen LogP) is 2.39. The minimum Gasteiger partial charge on any atom is -0.386 e. The molecule has 0 N–H and O–H groups in total. The van der Waals surface area contributed by atoms with Crippen molar-refractivity contribution in [3.8, 4) is 5.69 Å². The Morgan fingerprint density at radius 3 is 1.88 bits per heavy atom. The van der Waals surface area contributed by atoms with Crippen molar-refractivity contribution < 1.29 is 17.1 Å². The van der Waals surface area contributed by atoms with Gasteiger partial charge in [0.05, 0.1) is 12.7 Å². The van der Waals surface area contributed by atoms with Gasteiger partial charge in [0.15, 0.2) is 0 Å². The van der Waals surface area contributed by atoms with Crippen LogP contribution in [0.3, 0.4) is 0 Å². The van der Waals surface area contributed by atoms with E-state index in [2.05, 4.69) is 10.2 Å². The Morgan fingerprint density at radius 1 is 0.875 bits per heavy atom. The van der Waals surface area contributed by atoms with Gasteiger partial charge in [-0.15, -0.1) is 12.1 Å². The molecule has 0 amide bonds. The zero-order valence-electron chi connectivity index (χ0n) is 8.55. The first-order valence-corrected chi connectivity index (χ1v) is 4.70. The minimum absolute atomic E-state index is 0. The first-order chi connectivity index (χ1) is 7.47. The van der Waals surface area contributed by atoms with Gasteiger partial charge in [0.2, 0.25) is 0 Å². The van der Waals surface area contributed by atoms with Gasteiger partial charge >= 0.3 is 17.1 Å². The SMILES string of the molecule is [Fe+2].c1cc[c-](-n2cnnc2)c1.c1cc[cH-]c1. The second-order valence-corrected chi connectivity index (χ2v) is 2.97. The van der Waals surface area contributed by atoms with Crippen molar-refractivity contribution in [2.45, 2.75) is 0 Å². The Kier molecular flexibility index (Phi) is 5.26. The first-order valence-electron chi connectivity index (χ1n) is 4.70. The molecule has 0 unspecified atom stereocenters. The van der Waals surface area contributed by atoms with E-state index in [4.69, 9.17) is 0 Å². The molecule has 0 atom stereocenters. The summed E-state index contributed by atoms with van der Waals surface area (Å²) in [5.74, 6) is 0. The number of rotatable bonds is 1. The van der Waals surface area contributed by atoms with Crippen molar-refractivity contribution in [3.63, 3.8) is 0 Å². The molecule has 0 fully saturated rings. The minimum atomic E-state index is 0. The molecule has 0 radical (unpaired) electrons. The fraction of sp³-hybridized carbons (Fsp3) is 0. The summed E-state index contributed by atoms with van der Waals surface area (Å²) in [5, 5.41) is 7.38.